The van der Waals surface area contributed by atoms with Gasteiger partial charge >= 0.3 is 5.97 Å². The summed E-state index contributed by atoms with van der Waals surface area (Å²) in [6.45, 7) is 0.131. The van der Waals surface area contributed by atoms with E-state index in [9.17, 15) is 4.79 Å². The summed E-state index contributed by atoms with van der Waals surface area (Å²) in [6, 6.07) is 1.60. The Morgan fingerprint density at radius 2 is 2.19 bits per heavy atom. The van der Waals surface area contributed by atoms with Crippen molar-refractivity contribution in [3.8, 4) is 17.2 Å². The van der Waals surface area contributed by atoms with Gasteiger partial charge in [-0.3, -0.25) is 0 Å². The second kappa shape index (κ2) is 4.36. The number of rotatable bonds is 2. The lowest BCUT2D eigenvalue weighted by molar-refractivity contribution is 0.0598. The number of esters is 1. The van der Waals surface area contributed by atoms with Gasteiger partial charge in [-0.05, 0) is 22.6 Å². The fourth-order valence-corrected chi connectivity index (χ4v) is 2.27. The van der Waals surface area contributed by atoms with Gasteiger partial charge in [-0.1, -0.05) is 0 Å². The van der Waals surface area contributed by atoms with E-state index in [1.165, 1.54) is 14.2 Å². The summed E-state index contributed by atoms with van der Waals surface area (Å²) in [5.74, 6) is 1.09. The average Bonchev–Trinajstić information content (AvgIpc) is 2.75. The quantitative estimate of drug-likeness (QED) is 0.609. The molecule has 1 aliphatic heterocycles. The molecule has 1 aliphatic rings. The lowest BCUT2D eigenvalue weighted by atomic mass is 10.2. The first-order valence-electron chi connectivity index (χ1n) is 4.43. The summed E-state index contributed by atoms with van der Waals surface area (Å²) in [5.41, 5.74) is 0.407. The molecule has 0 aliphatic carbocycles. The Balaban J connectivity index is 2.60. The topological polar surface area (TPSA) is 54.0 Å². The molecule has 0 aromatic heterocycles. The zero-order valence-corrected chi connectivity index (χ0v) is 10.9. The van der Waals surface area contributed by atoms with Crippen molar-refractivity contribution in [3.63, 3.8) is 0 Å². The molecule has 0 bridgehead atoms. The lowest BCUT2D eigenvalue weighted by Gasteiger charge is -2.10. The number of carbonyl (C=O) groups excluding carboxylic acids is 1. The molecule has 86 valence electrons. The highest BCUT2D eigenvalue weighted by molar-refractivity contribution is 14.1. The smallest absolute Gasteiger partial charge is 0.339 e. The first-order chi connectivity index (χ1) is 7.69. The normalized spacial score (nSPS) is 12.4. The largest absolute Gasteiger partial charge is 0.492 e. The zero-order chi connectivity index (χ0) is 11.7. The van der Waals surface area contributed by atoms with Crippen molar-refractivity contribution < 1.29 is 23.7 Å². The van der Waals surface area contributed by atoms with Crippen LogP contribution in [-0.4, -0.2) is 27.0 Å². The molecule has 5 nitrogen and oxygen atoms in total. The predicted octanol–water partition coefficient (Wildman–Crippen LogP) is 1.82. The van der Waals surface area contributed by atoms with Crippen LogP contribution in [0.15, 0.2) is 6.07 Å². The summed E-state index contributed by atoms with van der Waals surface area (Å²) in [7, 11) is 2.84. The van der Waals surface area contributed by atoms with E-state index in [0.717, 1.165) is 0 Å². The van der Waals surface area contributed by atoms with Crippen molar-refractivity contribution >= 4 is 28.6 Å². The molecule has 6 heteroatoms. The molecule has 0 unspecified atom stereocenters. The molecule has 0 spiro atoms. The summed E-state index contributed by atoms with van der Waals surface area (Å²) in [4.78, 5) is 11.5. The van der Waals surface area contributed by atoms with Gasteiger partial charge in [0.2, 0.25) is 12.5 Å². The molecule has 1 aromatic rings. The summed E-state index contributed by atoms with van der Waals surface area (Å²) >= 11 is 2.01. The van der Waals surface area contributed by atoms with Gasteiger partial charge in [0.25, 0.3) is 0 Å². The molecule has 1 aromatic carbocycles. The van der Waals surface area contributed by atoms with Crippen LogP contribution in [0.5, 0.6) is 17.2 Å². The van der Waals surface area contributed by atoms with Gasteiger partial charge < -0.3 is 18.9 Å². The number of carbonyl (C=O) groups is 1. The Morgan fingerprint density at radius 1 is 1.44 bits per heavy atom. The molecular weight excluding hydrogens is 327 g/mol. The molecule has 0 atom stereocenters. The summed E-state index contributed by atoms with van der Waals surface area (Å²) < 4.78 is 21.0. The average molecular weight is 336 g/mol. The first kappa shape index (κ1) is 11.3. The number of ether oxygens (including phenoxy) is 4. The summed E-state index contributed by atoms with van der Waals surface area (Å²) in [5, 5.41) is 0. The van der Waals surface area contributed by atoms with E-state index in [0.29, 0.717) is 26.4 Å². The molecule has 0 radical (unpaired) electrons. The van der Waals surface area contributed by atoms with E-state index in [2.05, 4.69) is 4.74 Å². The van der Waals surface area contributed by atoms with Crippen LogP contribution in [0.3, 0.4) is 0 Å². The molecule has 2 rings (SSSR count). The monoisotopic (exact) mass is 336 g/mol. The fourth-order valence-electron chi connectivity index (χ4n) is 1.43. The SMILES string of the molecule is COC(=O)c1cc2c(c(OC)c1I)OCO2. The molecule has 1 heterocycles. The van der Waals surface area contributed by atoms with E-state index in [-0.39, 0.29) is 6.79 Å². The third-order valence-electron chi connectivity index (χ3n) is 2.17. The minimum atomic E-state index is -0.430. The molecule has 0 saturated carbocycles. The highest BCUT2D eigenvalue weighted by atomic mass is 127. The van der Waals surface area contributed by atoms with E-state index < -0.39 is 5.97 Å². The van der Waals surface area contributed by atoms with E-state index in [1.54, 1.807) is 6.07 Å². The Labute approximate surface area is 106 Å². The Morgan fingerprint density at radius 3 is 2.81 bits per heavy atom. The number of hydrogen-bond acceptors (Lipinski definition) is 5. The first-order valence-corrected chi connectivity index (χ1v) is 5.51. The maximum absolute atomic E-state index is 11.5. The Bertz CT molecular complexity index is 443. The van der Waals surface area contributed by atoms with Crippen LogP contribution < -0.4 is 14.2 Å². The molecule has 0 N–H and O–H groups in total. The van der Waals surface area contributed by atoms with Crippen LogP contribution in [-0.2, 0) is 4.74 Å². The van der Waals surface area contributed by atoms with Gasteiger partial charge in [0.15, 0.2) is 11.5 Å². The molecular formula is C10H9IO5. The van der Waals surface area contributed by atoms with Crippen molar-refractivity contribution in [1.82, 2.24) is 0 Å². The molecule has 0 fully saturated rings. The van der Waals surface area contributed by atoms with Gasteiger partial charge in [-0.2, -0.15) is 0 Å². The van der Waals surface area contributed by atoms with Crippen LogP contribution in [0.25, 0.3) is 0 Å². The Hall–Kier alpha value is -1.18. The minimum Gasteiger partial charge on any atom is -0.492 e. The second-order valence-electron chi connectivity index (χ2n) is 3.00. The van der Waals surface area contributed by atoms with Crippen LogP contribution >= 0.6 is 22.6 Å². The zero-order valence-electron chi connectivity index (χ0n) is 8.70. The van der Waals surface area contributed by atoms with E-state index in [1.807, 2.05) is 22.6 Å². The van der Waals surface area contributed by atoms with Crippen LogP contribution in [0, 0.1) is 3.57 Å². The highest BCUT2D eigenvalue weighted by Gasteiger charge is 2.26. The van der Waals surface area contributed by atoms with Crippen molar-refractivity contribution in [2.24, 2.45) is 0 Å². The van der Waals surface area contributed by atoms with Gasteiger partial charge in [-0.15, -0.1) is 0 Å². The standard InChI is InChI=1S/C10H9IO5/c1-13-9-7(11)5(10(12)14-2)3-6-8(9)16-4-15-6/h3H,4H2,1-2H3. The number of hydrogen-bond donors (Lipinski definition) is 0. The van der Waals surface area contributed by atoms with Gasteiger partial charge in [0.05, 0.1) is 23.4 Å². The maximum atomic E-state index is 11.5. The third-order valence-corrected chi connectivity index (χ3v) is 3.24. The molecule has 0 amide bonds. The van der Waals surface area contributed by atoms with Gasteiger partial charge in [-0.25, -0.2) is 4.79 Å². The van der Waals surface area contributed by atoms with Crippen molar-refractivity contribution in [1.29, 1.82) is 0 Å². The van der Waals surface area contributed by atoms with E-state index >= 15 is 0 Å². The third kappa shape index (κ3) is 1.66. The van der Waals surface area contributed by atoms with Crippen LogP contribution in [0.2, 0.25) is 0 Å². The number of methoxy groups -OCH3 is 2. The minimum absolute atomic E-state index is 0.131. The highest BCUT2D eigenvalue weighted by Crippen LogP contribution is 2.45. The van der Waals surface area contributed by atoms with Gasteiger partial charge in [0.1, 0.15) is 0 Å². The maximum Gasteiger partial charge on any atom is 0.339 e. The van der Waals surface area contributed by atoms with Crippen LogP contribution in [0.1, 0.15) is 10.4 Å². The van der Waals surface area contributed by atoms with Gasteiger partial charge in [0, 0.05) is 6.07 Å². The number of benzene rings is 1. The number of fused-ring (bicyclic) bond motifs is 1. The second-order valence-corrected chi connectivity index (χ2v) is 4.08. The number of halogens is 1. The van der Waals surface area contributed by atoms with Crippen molar-refractivity contribution in [3.05, 3.63) is 15.2 Å². The van der Waals surface area contributed by atoms with Crippen molar-refractivity contribution in [2.75, 3.05) is 21.0 Å². The molecule has 0 saturated heterocycles. The van der Waals surface area contributed by atoms with Crippen molar-refractivity contribution in [2.45, 2.75) is 0 Å². The van der Waals surface area contributed by atoms with E-state index in [4.69, 9.17) is 14.2 Å². The molecule has 16 heavy (non-hydrogen) atoms. The van der Waals surface area contributed by atoms with Crippen LogP contribution in [0.4, 0.5) is 0 Å². The summed E-state index contributed by atoms with van der Waals surface area (Å²) in [6.07, 6.45) is 0. The predicted molar refractivity (Wildman–Crippen MR) is 63.2 cm³/mol. The fraction of sp³-hybridized carbons (Fsp3) is 0.300. The lowest BCUT2D eigenvalue weighted by Crippen LogP contribution is -2.05. The Kier molecular flexibility index (Phi) is 3.08.